The van der Waals surface area contributed by atoms with Crippen molar-refractivity contribution in [1.82, 2.24) is 0 Å². The zero-order valence-corrected chi connectivity index (χ0v) is 9.01. The normalized spacial score (nSPS) is 10.1. The Morgan fingerprint density at radius 2 is 2.00 bits per heavy atom. The van der Waals surface area contributed by atoms with Crippen molar-refractivity contribution in [3.8, 4) is 17.9 Å². The van der Waals surface area contributed by atoms with Gasteiger partial charge in [0.05, 0.1) is 17.5 Å². The number of alkyl halides is 3. The van der Waals surface area contributed by atoms with E-state index in [0.29, 0.717) is 0 Å². The van der Waals surface area contributed by atoms with Gasteiger partial charge in [-0.1, -0.05) is 11.8 Å². The van der Waals surface area contributed by atoms with E-state index in [9.17, 15) is 18.0 Å². The average molecular weight is 252 g/mol. The number of hydrogen-bond donors (Lipinski definition) is 1. The summed E-state index contributed by atoms with van der Waals surface area (Å²) in [4.78, 5) is 10.4. The second-order valence-corrected chi connectivity index (χ2v) is 3.31. The number of nitriles is 1. The van der Waals surface area contributed by atoms with Crippen LogP contribution in [0.3, 0.4) is 0 Å². The van der Waals surface area contributed by atoms with Gasteiger partial charge in [-0.3, -0.25) is 4.79 Å². The Bertz CT molecular complexity index is 574. The molecule has 2 N–H and O–H groups in total. The number of carbonyl (C=O) groups is 1. The minimum Gasteiger partial charge on any atom is -0.369 e. The van der Waals surface area contributed by atoms with Gasteiger partial charge in [0.1, 0.15) is 6.07 Å². The summed E-state index contributed by atoms with van der Waals surface area (Å²) >= 11 is 0. The van der Waals surface area contributed by atoms with E-state index in [1.807, 2.05) is 0 Å². The molecule has 0 spiro atoms. The zero-order valence-electron chi connectivity index (χ0n) is 9.01. The Balaban J connectivity index is 3.18. The molecule has 0 radical (unpaired) electrons. The number of primary amides is 1. The summed E-state index contributed by atoms with van der Waals surface area (Å²) in [6.45, 7) is 0. The van der Waals surface area contributed by atoms with Crippen molar-refractivity contribution in [3.05, 3.63) is 34.9 Å². The number of nitrogens with two attached hydrogens (primary N) is 1. The molecule has 92 valence electrons. The molecule has 1 amide bonds. The van der Waals surface area contributed by atoms with Crippen LogP contribution < -0.4 is 5.73 Å². The van der Waals surface area contributed by atoms with Crippen LogP contribution >= 0.6 is 0 Å². The fourth-order valence-electron chi connectivity index (χ4n) is 1.15. The van der Waals surface area contributed by atoms with Crippen molar-refractivity contribution in [3.63, 3.8) is 0 Å². The van der Waals surface area contributed by atoms with Gasteiger partial charge in [0, 0.05) is 5.56 Å². The summed E-state index contributed by atoms with van der Waals surface area (Å²) in [5.41, 5.74) is 3.88. The number of nitrogens with zero attached hydrogens (tertiary/aromatic N) is 1. The summed E-state index contributed by atoms with van der Waals surface area (Å²) in [6, 6.07) is 4.34. The highest BCUT2D eigenvalue weighted by atomic mass is 19.4. The van der Waals surface area contributed by atoms with Crippen LogP contribution in [0.5, 0.6) is 0 Å². The second kappa shape index (κ2) is 5.24. The molecule has 1 aromatic carbocycles. The lowest BCUT2D eigenvalue weighted by Crippen LogP contribution is -2.08. The monoisotopic (exact) mass is 252 g/mol. The summed E-state index contributed by atoms with van der Waals surface area (Å²) in [7, 11) is 0. The van der Waals surface area contributed by atoms with Crippen molar-refractivity contribution in [2.24, 2.45) is 5.73 Å². The van der Waals surface area contributed by atoms with E-state index in [-0.39, 0.29) is 17.5 Å². The standard InChI is InChI=1S/C12H7F3N2O/c13-12(14,15)10-5-4-9(7-16)8(6-10)2-1-3-11(17)18/h4-6H,3H2,(H2,17,18). The van der Waals surface area contributed by atoms with E-state index in [2.05, 4.69) is 11.8 Å². The first-order chi connectivity index (χ1) is 8.34. The summed E-state index contributed by atoms with van der Waals surface area (Å²) in [5, 5.41) is 8.73. The SMILES string of the molecule is N#Cc1ccc(C(F)(F)F)cc1C#CCC(N)=O. The minimum atomic E-state index is -4.51. The molecular formula is C12H7F3N2O. The largest absolute Gasteiger partial charge is 0.416 e. The molecule has 0 unspecified atom stereocenters. The molecule has 1 aromatic rings. The van der Waals surface area contributed by atoms with Crippen molar-refractivity contribution in [2.75, 3.05) is 0 Å². The average Bonchev–Trinajstić information content (AvgIpc) is 2.27. The Morgan fingerprint density at radius 3 is 2.50 bits per heavy atom. The van der Waals surface area contributed by atoms with E-state index < -0.39 is 17.6 Å². The van der Waals surface area contributed by atoms with Crippen molar-refractivity contribution in [2.45, 2.75) is 12.6 Å². The number of amides is 1. The van der Waals surface area contributed by atoms with E-state index in [1.165, 1.54) is 0 Å². The van der Waals surface area contributed by atoms with Crippen LogP contribution in [0.1, 0.15) is 23.1 Å². The van der Waals surface area contributed by atoms with Gasteiger partial charge in [-0.25, -0.2) is 0 Å². The third-order valence-electron chi connectivity index (χ3n) is 1.95. The third kappa shape index (κ3) is 3.53. The number of carbonyl (C=O) groups excluding carboxylic acids is 1. The third-order valence-corrected chi connectivity index (χ3v) is 1.95. The Kier molecular flexibility index (Phi) is 3.96. The van der Waals surface area contributed by atoms with Gasteiger partial charge in [0.2, 0.25) is 5.91 Å². The molecule has 0 heterocycles. The highest BCUT2D eigenvalue weighted by Gasteiger charge is 2.30. The maximum absolute atomic E-state index is 12.4. The van der Waals surface area contributed by atoms with E-state index in [4.69, 9.17) is 11.0 Å². The summed E-state index contributed by atoms with van der Waals surface area (Å²) < 4.78 is 37.3. The van der Waals surface area contributed by atoms with Gasteiger partial charge >= 0.3 is 6.18 Å². The maximum Gasteiger partial charge on any atom is 0.416 e. The lowest BCUT2D eigenvalue weighted by Gasteiger charge is -2.07. The van der Waals surface area contributed by atoms with Crippen LogP contribution in [0.25, 0.3) is 0 Å². The Morgan fingerprint density at radius 1 is 1.33 bits per heavy atom. The fraction of sp³-hybridized carbons (Fsp3) is 0.167. The molecular weight excluding hydrogens is 245 g/mol. The molecule has 0 fully saturated rings. The molecule has 0 aliphatic heterocycles. The first-order valence-corrected chi connectivity index (χ1v) is 4.73. The van der Waals surface area contributed by atoms with E-state index in [0.717, 1.165) is 18.2 Å². The molecule has 0 atom stereocenters. The quantitative estimate of drug-likeness (QED) is 0.774. The lowest BCUT2D eigenvalue weighted by atomic mass is 10.0. The molecule has 0 aliphatic carbocycles. The topological polar surface area (TPSA) is 66.9 Å². The number of benzene rings is 1. The van der Waals surface area contributed by atoms with E-state index in [1.54, 1.807) is 6.07 Å². The summed E-state index contributed by atoms with van der Waals surface area (Å²) in [5.74, 6) is 3.96. The molecule has 6 heteroatoms. The molecule has 0 aromatic heterocycles. The Hall–Kier alpha value is -2.47. The maximum atomic E-state index is 12.4. The highest BCUT2D eigenvalue weighted by molar-refractivity contribution is 5.76. The first-order valence-electron chi connectivity index (χ1n) is 4.73. The second-order valence-electron chi connectivity index (χ2n) is 3.31. The van der Waals surface area contributed by atoms with Crippen LogP contribution in [0.4, 0.5) is 13.2 Å². The number of halogens is 3. The highest BCUT2D eigenvalue weighted by Crippen LogP contribution is 2.30. The van der Waals surface area contributed by atoms with Crippen LogP contribution in [-0.2, 0) is 11.0 Å². The number of hydrogen-bond acceptors (Lipinski definition) is 2. The predicted molar refractivity (Wildman–Crippen MR) is 56.8 cm³/mol. The molecule has 3 nitrogen and oxygen atoms in total. The summed E-state index contributed by atoms with van der Waals surface area (Å²) in [6.07, 6.45) is -4.78. The molecule has 0 bridgehead atoms. The van der Waals surface area contributed by atoms with Gasteiger partial charge in [-0.15, -0.1) is 0 Å². The fourth-order valence-corrected chi connectivity index (χ4v) is 1.15. The van der Waals surface area contributed by atoms with Crippen LogP contribution in [0.15, 0.2) is 18.2 Å². The van der Waals surface area contributed by atoms with Crippen LogP contribution in [0.2, 0.25) is 0 Å². The van der Waals surface area contributed by atoms with Gasteiger partial charge in [-0.2, -0.15) is 18.4 Å². The molecule has 1 rings (SSSR count). The van der Waals surface area contributed by atoms with Gasteiger partial charge in [0.25, 0.3) is 0 Å². The van der Waals surface area contributed by atoms with Crippen LogP contribution in [0, 0.1) is 23.2 Å². The van der Waals surface area contributed by atoms with Gasteiger partial charge in [-0.05, 0) is 18.2 Å². The molecule has 18 heavy (non-hydrogen) atoms. The van der Waals surface area contributed by atoms with Gasteiger partial charge in [0.15, 0.2) is 0 Å². The van der Waals surface area contributed by atoms with Crippen molar-refractivity contribution < 1.29 is 18.0 Å². The van der Waals surface area contributed by atoms with Crippen molar-refractivity contribution in [1.29, 1.82) is 5.26 Å². The lowest BCUT2D eigenvalue weighted by molar-refractivity contribution is -0.137. The minimum absolute atomic E-state index is 0.0139. The Labute approximate surface area is 101 Å². The van der Waals surface area contributed by atoms with Crippen LogP contribution in [-0.4, -0.2) is 5.91 Å². The zero-order chi connectivity index (χ0) is 13.8. The molecule has 0 aliphatic rings. The smallest absolute Gasteiger partial charge is 0.369 e. The first kappa shape index (κ1) is 13.6. The van der Waals surface area contributed by atoms with Crippen molar-refractivity contribution >= 4 is 5.91 Å². The van der Waals surface area contributed by atoms with Gasteiger partial charge < -0.3 is 5.73 Å². The molecule has 0 saturated heterocycles. The van der Waals surface area contributed by atoms with E-state index >= 15 is 0 Å². The predicted octanol–water partition coefficient (Wildman–Crippen LogP) is 1.80. The molecule has 0 saturated carbocycles. The number of rotatable bonds is 1.